The summed E-state index contributed by atoms with van der Waals surface area (Å²) in [6, 6.07) is 3.66. The number of benzene rings is 1. The third-order valence-electron chi connectivity index (χ3n) is 2.04. The zero-order chi connectivity index (χ0) is 12.3. The van der Waals surface area contributed by atoms with Gasteiger partial charge in [-0.15, -0.1) is 0 Å². The lowest BCUT2D eigenvalue weighted by molar-refractivity contribution is 0.0496. The highest BCUT2D eigenvalue weighted by Crippen LogP contribution is 2.28. The van der Waals surface area contributed by atoms with Gasteiger partial charge in [0.2, 0.25) is 0 Å². The molecule has 0 aromatic heterocycles. The number of hydrogen-bond donors (Lipinski definition) is 2. The zero-order valence-corrected chi connectivity index (χ0v) is 8.38. The van der Waals surface area contributed by atoms with Crippen molar-refractivity contribution in [2.75, 3.05) is 5.32 Å². The Kier molecular flexibility index (Phi) is 3.76. The minimum absolute atomic E-state index is 0.105. The maximum atomic E-state index is 13.0. The monoisotopic (exact) mass is 233 g/mol. The first-order valence-electron chi connectivity index (χ1n) is 4.44. The van der Waals surface area contributed by atoms with Gasteiger partial charge in [-0.3, -0.25) is 5.32 Å². The fourth-order valence-corrected chi connectivity index (χ4v) is 1.21. The Labute approximate surface area is 89.9 Å². The van der Waals surface area contributed by atoms with Crippen molar-refractivity contribution in [1.82, 2.24) is 0 Å². The highest BCUT2D eigenvalue weighted by Gasteiger charge is 2.22. The van der Waals surface area contributed by atoms with Gasteiger partial charge in [-0.2, -0.15) is 0 Å². The molecule has 1 amide bonds. The average Bonchev–Trinajstić information content (AvgIpc) is 2.19. The molecule has 1 aromatic carbocycles. The first kappa shape index (κ1) is 12.4. The average molecular weight is 233 g/mol. The van der Waals surface area contributed by atoms with E-state index in [2.05, 4.69) is 0 Å². The quantitative estimate of drug-likeness (QED) is 0.840. The highest BCUT2D eigenvalue weighted by molar-refractivity contribution is 5.84. The summed E-state index contributed by atoms with van der Waals surface area (Å²) in [6.45, 7) is 1.59. The number of hydrogen-bond acceptors (Lipinski definition) is 1. The molecule has 1 aromatic rings. The van der Waals surface area contributed by atoms with Crippen molar-refractivity contribution in [3.8, 4) is 0 Å². The SMILES string of the molecule is Cc1ccc(C(F)C(F)F)cc1NC(=O)O. The Morgan fingerprint density at radius 2 is 2.00 bits per heavy atom. The van der Waals surface area contributed by atoms with Crippen LogP contribution in [0.2, 0.25) is 0 Å². The number of carbonyl (C=O) groups is 1. The van der Waals surface area contributed by atoms with Crippen molar-refractivity contribution in [3.63, 3.8) is 0 Å². The normalized spacial score (nSPS) is 12.6. The van der Waals surface area contributed by atoms with Crippen LogP contribution in [-0.2, 0) is 0 Å². The van der Waals surface area contributed by atoms with Crippen molar-refractivity contribution in [2.24, 2.45) is 0 Å². The van der Waals surface area contributed by atoms with E-state index in [1.54, 1.807) is 6.92 Å². The second kappa shape index (κ2) is 4.87. The van der Waals surface area contributed by atoms with Crippen LogP contribution in [0.15, 0.2) is 18.2 Å². The van der Waals surface area contributed by atoms with Gasteiger partial charge in [0.25, 0.3) is 6.43 Å². The number of rotatable bonds is 3. The van der Waals surface area contributed by atoms with Crippen LogP contribution in [0.4, 0.5) is 23.7 Å². The Bertz CT molecular complexity index is 396. The largest absolute Gasteiger partial charge is 0.465 e. The summed E-state index contributed by atoms with van der Waals surface area (Å²) in [4.78, 5) is 10.4. The van der Waals surface area contributed by atoms with E-state index in [0.29, 0.717) is 5.56 Å². The first-order valence-corrected chi connectivity index (χ1v) is 4.44. The molecule has 0 aliphatic carbocycles. The van der Waals surface area contributed by atoms with Crippen LogP contribution in [0.25, 0.3) is 0 Å². The molecule has 0 aliphatic heterocycles. The predicted octanol–water partition coefficient (Wildman–Crippen LogP) is 3.36. The molecular weight excluding hydrogens is 223 g/mol. The van der Waals surface area contributed by atoms with Gasteiger partial charge in [0.1, 0.15) is 0 Å². The Balaban J connectivity index is 3.02. The van der Waals surface area contributed by atoms with Crippen molar-refractivity contribution in [2.45, 2.75) is 19.5 Å². The molecule has 0 saturated carbocycles. The highest BCUT2D eigenvalue weighted by atomic mass is 19.3. The summed E-state index contributed by atoms with van der Waals surface area (Å²) < 4.78 is 37.2. The fourth-order valence-electron chi connectivity index (χ4n) is 1.21. The molecule has 0 saturated heterocycles. The maximum absolute atomic E-state index is 13.0. The predicted molar refractivity (Wildman–Crippen MR) is 52.7 cm³/mol. The third-order valence-corrected chi connectivity index (χ3v) is 2.04. The second-order valence-electron chi connectivity index (χ2n) is 3.24. The molecule has 16 heavy (non-hydrogen) atoms. The van der Waals surface area contributed by atoms with Gasteiger partial charge in [0, 0.05) is 5.69 Å². The number of carboxylic acid groups (broad SMARTS) is 1. The van der Waals surface area contributed by atoms with E-state index < -0.39 is 18.7 Å². The van der Waals surface area contributed by atoms with Crippen molar-refractivity contribution in [3.05, 3.63) is 29.3 Å². The van der Waals surface area contributed by atoms with Crippen LogP contribution < -0.4 is 5.32 Å². The summed E-state index contributed by atoms with van der Waals surface area (Å²) in [5.41, 5.74) is 0.394. The summed E-state index contributed by atoms with van der Waals surface area (Å²) in [6.07, 6.45) is -6.86. The minimum Gasteiger partial charge on any atom is -0.465 e. The number of nitrogens with one attached hydrogen (secondary N) is 1. The van der Waals surface area contributed by atoms with Crippen LogP contribution in [0.3, 0.4) is 0 Å². The molecule has 88 valence electrons. The van der Waals surface area contributed by atoms with E-state index >= 15 is 0 Å². The number of aryl methyl sites for hydroxylation is 1. The van der Waals surface area contributed by atoms with Crippen LogP contribution in [0, 0.1) is 6.92 Å². The standard InChI is InChI=1S/C10H10F3NO2/c1-5-2-3-6(8(11)9(12)13)4-7(5)14-10(15)16/h2-4,8-9,14H,1H3,(H,15,16). The molecule has 2 N–H and O–H groups in total. The Hall–Kier alpha value is -1.72. The van der Waals surface area contributed by atoms with Crippen LogP contribution in [0.5, 0.6) is 0 Å². The number of alkyl halides is 3. The van der Waals surface area contributed by atoms with E-state index in [9.17, 15) is 18.0 Å². The van der Waals surface area contributed by atoms with E-state index in [0.717, 1.165) is 6.07 Å². The molecule has 0 heterocycles. The molecule has 0 radical (unpaired) electrons. The van der Waals surface area contributed by atoms with Gasteiger partial charge in [0.05, 0.1) is 0 Å². The van der Waals surface area contributed by atoms with E-state index in [1.165, 1.54) is 12.1 Å². The Morgan fingerprint density at radius 1 is 1.38 bits per heavy atom. The summed E-state index contributed by atoms with van der Waals surface area (Å²) in [5.74, 6) is 0. The number of amides is 1. The van der Waals surface area contributed by atoms with Crippen LogP contribution in [0.1, 0.15) is 17.3 Å². The maximum Gasteiger partial charge on any atom is 0.409 e. The summed E-state index contributed by atoms with van der Waals surface area (Å²) in [7, 11) is 0. The van der Waals surface area contributed by atoms with Gasteiger partial charge >= 0.3 is 6.09 Å². The van der Waals surface area contributed by atoms with Gasteiger partial charge in [-0.25, -0.2) is 18.0 Å². The lowest BCUT2D eigenvalue weighted by atomic mass is 10.1. The molecule has 6 heteroatoms. The van der Waals surface area contributed by atoms with Crippen LogP contribution in [-0.4, -0.2) is 17.6 Å². The number of halogens is 3. The number of anilines is 1. The molecule has 0 aliphatic rings. The first-order chi connectivity index (χ1) is 7.41. The topological polar surface area (TPSA) is 49.3 Å². The fraction of sp³-hybridized carbons (Fsp3) is 0.300. The van der Waals surface area contributed by atoms with Crippen molar-refractivity contribution >= 4 is 11.8 Å². The smallest absolute Gasteiger partial charge is 0.409 e. The Morgan fingerprint density at radius 3 is 2.50 bits per heavy atom. The molecule has 3 nitrogen and oxygen atoms in total. The molecule has 1 unspecified atom stereocenters. The van der Waals surface area contributed by atoms with Gasteiger partial charge in [-0.05, 0) is 24.1 Å². The minimum atomic E-state index is -3.12. The van der Waals surface area contributed by atoms with E-state index in [-0.39, 0.29) is 11.3 Å². The molecule has 0 bridgehead atoms. The third kappa shape index (κ3) is 2.88. The molecule has 1 rings (SSSR count). The summed E-state index contributed by atoms with van der Waals surface area (Å²) >= 11 is 0. The lowest BCUT2D eigenvalue weighted by Gasteiger charge is -2.11. The zero-order valence-electron chi connectivity index (χ0n) is 8.38. The molecule has 1 atom stereocenters. The molecular formula is C10H10F3NO2. The van der Waals surface area contributed by atoms with Gasteiger partial charge in [0.15, 0.2) is 6.17 Å². The second-order valence-corrected chi connectivity index (χ2v) is 3.24. The summed E-state index contributed by atoms with van der Waals surface area (Å²) in [5, 5.41) is 10.5. The van der Waals surface area contributed by atoms with Crippen LogP contribution >= 0.6 is 0 Å². The molecule has 0 fully saturated rings. The van der Waals surface area contributed by atoms with E-state index in [1.807, 2.05) is 5.32 Å². The van der Waals surface area contributed by atoms with E-state index in [4.69, 9.17) is 5.11 Å². The van der Waals surface area contributed by atoms with Gasteiger partial charge in [-0.1, -0.05) is 12.1 Å². The van der Waals surface area contributed by atoms with Gasteiger partial charge < -0.3 is 5.11 Å². The van der Waals surface area contributed by atoms with Crippen molar-refractivity contribution < 1.29 is 23.1 Å². The van der Waals surface area contributed by atoms with Crippen molar-refractivity contribution in [1.29, 1.82) is 0 Å². The lowest BCUT2D eigenvalue weighted by Crippen LogP contribution is -2.10. The molecule has 0 spiro atoms.